The number of carbonyl (C=O) groups is 1. The molecular weight excluding hydrogens is 390 g/mol. The molecule has 31 heavy (non-hydrogen) atoms. The molecule has 3 heterocycles. The first-order valence-electron chi connectivity index (χ1n) is 10.9. The maximum Gasteiger partial charge on any atom is 0.291 e. The van der Waals surface area contributed by atoms with E-state index in [2.05, 4.69) is 32.9 Å². The van der Waals surface area contributed by atoms with E-state index in [0.717, 1.165) is 18.4 Å². The number of benzene rings is 2. The van der Waals surface area contributed by atoms with Crippen molar-refractivity contribution in [1.29, 1.82) is 0 Å². The molecular formula is C26H27NO4. The topological polar surface area (TPSA) is 59.8 Å². The number of para-hydroxylation sites is 1. The van der Waals surface area contributed by atoms with E-state index in [1.807, 2.05) is 24.3 Å². The summed E-state index contributed by atoms with van der Waals surface area (Å²) in [6.07, 6.45) is 1.89. The van der Waals surface area contributed by atoms with Crippen LogP contribution in [-0.2, 0) is 10.2 Å². The lowest BCUT2D eigenvalue weighted by Crippen LogP contribution is -2.36. The molecule has 2 unspecified atom stereocenters. The molecule has 1 fully saturated rings. The third-order valence-corrected chi connectivity index (χ3v) is 6.39. The molecule has 5 heteroatoms. The Balaban J connectivity index is 1.66. The van der Waals surface area contributed by atoms with Gasteiger partial charge in [0.05, 0.1) is 23.1 Å². The van der Waals surface area contributed by atoms with Crippen molar-refractivity contribution in [1.82, 2.24) is 4.90 Å². The number of hydrogen-bond donors (Lipinski definition) is 0. The highest BCUT2D eigenvalue weighted by molar-refractivity contribution is 5.99. The van der Waals surface area contributed by atoms with Crippen molar-refractivity contribution in [3.8, 4) is 0 Å². The highest BCUT2D eigenvalue weighted by atomic mass is 16.5. The second-order valence-electron chi connectivity index (χ2n) is 9.54. The van der Waals surface area contributed by atoms with Crippen LogP contribution >= 0.6 is 0 Å². The molecule has 5 nitrogen and oxygen atoms in total. The molecule has 0 bridgehead atoms. The van der Waals surface area contributed by atoms with Crippen LogP contribution in [0.25, 0.3) is 11.0 Å². The number of rotatable bonds is 3. The molecule has 0 saturated carbocycles. The Bertz CT molecular complexity index is 1200. The highest BCUT2D eigenvalue weighted by Crippen LogP contribution is 2.39. The van der Waals surface area contributed by atoms with E-state index in [9.17, 15) is 9.59 Å². The fraction of sp³-hybridized carbons (Fsp3) is 0.385. The summed E-state index contributed by atoms with van der Waals surface area (Å²) in [6.45, 7) is 7.67. The second-order valence-corrected chi connectivity index (χ2v) is 9.54. The molecule has 3 aromatic rings. The lowest BCUT2D eigenvalue weighted by molar-refractivity contribution is 0.0486. The van der Waals surface area contributed by atoms with Gasteiger partial charge in [0, 0.05) is 13.2 Å². The normalized spacial score (nSPS) is 21.1. The number of ether oxygens (including phenoxy) is 1. The van der Waals surface area contributed by atoms with Crippen molar-refractivity contribution in [2.45, 2.75) is 51.2 Å². The van der Waals surface area contributed by atoms with Gasteiger partial charge in [0.15, 0.2) is 5.43 Å². The maximum absolute atomic E-state index is 13.5. The van der Waals surface area contributed by atoms with Crippen molar-refractivity contribution in [3.05, 3.63) is 81.2 Å². The summed E-state index contributed by atoms with van der Waals surface area (Å²) in [6, 6.07) is 14.9. The van der Waals surface area contributed by atoms with Crippen LogP contribution in [0.1, 0.15) is 66.9 Å². The maximum atomic E-state index is 13.5. The highest BCUT2D eigenvalue weighted by Gasteiger charge is 2.43. The molecule has 2 aromatic carbocycles. The average Bonchev–Trinajstić information content (AvgIpc) is 3.36. The number of fused-ring (bicyclic) bond motifs is 2. The average molecular weight is 418 g/mol. The quantitative estimate of drug-likeness (QED) is 0.613. The zero-order valence-electron chi connectivity index (χ0n) is 18.2. The second kappa shape index (κ2) is 7.34. The zero-order valence-corrected chi connectivity index (χ0v) is 18.2. The van der Waals surface area contributed by atoms with Crippen LogP contribution in [0.3, 0.4) is 0 Å². The fourth-order valence-electron chi connectivity index (χ4n) is 4.68. The Kier molecular flexibility index (Phi) is 4.74. The number of nitrogens with zero attached hydrogens (tertiary/aromatic N) is 1. The van der Waals surface area contributed by atoms with Crippen LogP contribution < -0.4 is 5.43 Å². The molecule has 2 atom stereocenters. The first-order chi connectivity index (χ1) is 14.8. The Labute approximate surface area is 181 Å². The summed E-state index contributed by atoms with van der Waals surface area (Å²) in [5.74, 6) is -0.0788. The summed E-state index contributed by atoms with van der Waals surface area (Å²) < 4.78 is 11.8. The minimum absolute atomic E-state index is 0.0147. The SMILES string of the molecule is CC(C)(C)c1ccc(C2c3c(oc4ccccc4c3=O)C(=O)N2CC2CCCO2)cc1. The Morgan fingerprint density at radius 3 is 2.45 bits per heavy atom. The van der Waals surface area contributed by atoms with E-state index in [0.29, 0.717) is 29.7 Å². The predicted molar refractivity (Wildman–Crippen MR) is 119 cm³/mol. The Morgan fingerprint density at radius 2 is 1.77 bits per heavy atom. The molecule has 160 valence electrons. The standard InChI is InChI=1S/C26H27NO4/c1-26(2,3)17-12-10-16(11-13-17)22-21-23(28)19-8-4-5-9-20(19)31-24(21)25(29)27(22)15-18-7-6-14-30-18/h4-5,8-13,18,22H,6-7,14-15H2,1-3H3. The van der Waals surface area contributed by atoms with Crippen molar-refractivity contribution in [2.24, 2.45) is 0 Å². The molecule has 0 N–H and O–H groups in total. The van der Waals surface area contributed by atoms with Gasteiger partial charge in [-0.05, 0) is 41.5 Å². The molecule has 0 spiro atoms. The zero-order chi connectivity index (χ0) is 21.8. The van der Waals surface area contributed by atoms with Gasteiger partial charge in [0.1, 0.15) is 5.58 Å². The van der Waals surface area contributed by atoms with Crippen LogP contribution in [0.5, 0.6) is 0 Å². The van der Waals surface area contributed by atoms with Gasteiger partial charge < -0.3 is 14.1 Å². The van der Waals surface area contributed by atoms with E-state index in [1.165, 1.54) is 5.56 Å². The Hall–Kier alpha value is -2.92. The van der Waals surface area contributed by atoms with Crippen LogP contribution in [0.4, 0.5) is 0 Å². The van der Waals surface area contributed by atoms with E-state index >= 15 is 0 Å². The molecule has 5 rings (SSSR count). The van der Waals surface area contributed by atoms with Gasteiger partial charge in [-0.15, -0.1) is 0 Å². The van der Waals surface area contributed by atoms with Gasteiger partial charge in [-0.1, -0.05) is 57.2 Å². The van der Waals surface area contributed by atoms with E-state index < -0.39 is 6.04 Å². The monoisotopic (exact) mass is 417 g/mol. The van der Waals surface area contributed by atoms with Gasteiger partial charge in [-0.3, -0.25) is 9.59 Å². The molecule has 0 aliphatic carbocycles. The molecule has 1 aromatic heterocycles. The summed E-state index contributed by atoms with van der Waals surface area (Å²) in [5, 5.41) is 0.504. The summed E-state index contributed by atoms with van der Waals surface area (Å²) in [5.41, 5.74) is 2.89. The molecule has 1 amide bonds. The lowest BCUT2D eigenvalue weighted by Gasteiger charge is -2.28. The van der Waals surface area contributed by atoms with Gasteiger partial charge in [-0.25, -0.2) is 0 Å². The Morgan fingerprint density at radius 1 is 1.03 bits per heavy atom. The van der Waals surface area contributed by atoms with Crippen LogP contribution in [0, 0.1) is 0 Å². The number of amides is 1. The third kappa shape index (κ3) is 3.37. The van der Waals surface area contributed by atoms with Gasteiger partial charge in [-0.2, -0.15) is 0 Å². The van der Waals surface area contributed by atoms with Crippen LogP contribution in [0.15, 0.2) is 57.7 Å². The largest absolute Gasteiger partial charge is 0.450 e. The van der Waals surface area contributed by atoms with Crippen LogP contribution in [0.2, 0.25) is 0 Å². The summed E-state index contributed by atoms with van der Waals surface area (Å²) in [4.78, 5) is 28.7. The van der Waals surface area contributed by atoms with Gasteiger partial charge in [0.2, 0.25) is 5.76 Å². The van der Waals surface area contributed by atoms with Gasteiger partial charge in [0.25, 0.3) is 5.91 Å². The minimum Gasteiger partial charge on any atom is -0.450 e. The van der Waals surface area contributed by atoms with E-state index in [4.69, 9.17) is 9.15 Å². The van der Waals surface area contributed by atoms with Crippen molar-refractivity contribution >= 4 is 16.9 Å². The van der Waals surface area contributed by atoms with E-state index in [1.54, 1.807) is 17.0 Å². The fourth-order valence-corrected chi connectivity index (χ4v) is 4.68. The number of carbonyl (C=O) groups excluding carboxylic acids is 1. The smallest absolute Gasteiger partial charge is 0.291 e. The van der Waals surface area contributed by atoms with Crippen LogP contribution in [-0.4, -0.2) is 30.1 Å². The third-order valence-electron chi connectivity index (χ3n) is 6.39. The lowest BCUT2D eigenvalue weighted by atomic mass is 9.86. The molecule has 1 saturated heterocycles. The van der Waals surface area contributed by atoms with E-state index in [-0.39, 0.29) is 28.6 Å². The summed E-state index contributed by atoms with van der Waals surface area (Å²) in [7, 11) is 0. The van der Waals surface area contributed by atoms with Crippen molar-refractivity contribution in [2.75, 3.05) is 13.2 Å². The minimum atomic E-state index is -0.471. The number of hydrogen-bond acceptors (Lipinski definition) is 4. The first-order valence-corrected chi connectivity index (χ1v) is 10.9. The van der Waals surface area contributed by atoms with Gasteiger partial charge >= 0.3 is 0 Å². The van der Waals surface area contributed by atoms with Crippen molar-refractivity contribution < 1.29 is 13.9 Å². The molecule has 0 radical (unpaired) electrons. The predicted octanol–water partition coefficient (Wildman–Crippen LogP) is 4.81. The van der Waals surface area contributed by atoms with Crippen molar-refractivity contribution in [3.63, 3.8) is 0 Å². The molecule has 2 aliphatic heterocycles. The summed E-state index contributed by atoms with van der Waals surface area (Å²) >= 11 is 0. The first kappa shape index (κ1) is 20.0. The molecule has 2 aliphatic rings.